The number of halogens is 1. The largest absolute Gasteiger partial charge is 0.484 e. The van der Waals surface area contributed by atoms with Crippen LogP contribution in [0.2, 0.25) is 5.02 Å². The van der Waals surface area contributed by atoms with Gasteiger partial charge in [-0.25, -0.2) is 0 Å². The summed E-state index contributed by atoms with van der Waals surface area (Å²) in [5, 5.41) is 3.40. The molecule has 0 heterocycles. The van der Waals surface area contributed by atoms with E-state index in [0.29, 0.717) is 10.8 Å². The van der Waals surface area contributed by atoms with Gasteiger partial charge in [-0.2, -0.15) is 0 Å². The minimum Gasteiger partial charge on any atom is -0.484 e. The van der Waals surface area contributed by atoms with E-state index in [1.165, 1.54) is 0 Å². The number of hydrogen-bond acceptors (Lipinski definition) is 2. The molecule has 0 saturated carbocycles. The van der Waals surface area contributed by atoms with E-state index in [9.17, 15) is 4.79 Å². The minimum atomic E-state index is -0.196. The summed E-state index contributed by atoms with van der Waals surface area (Å²) in [7, 11) is 0. The Hall–Kier alpha value is -2.00. The average Bonchev–Trinajstić information content (AvgIpc) is 2.41. The maximum Gasteiger partial charge on any atom is 0.262 e. The van der Waals surface area contributed by atoms with E-state index >= 15 is 0 Å². The van der Waals surface area contributed by atoms with Crippen molar-refractivity contribution in [2.75, 3.05) is 11.9 Å². The number of ether oxygens (including phenoxy) is 1. The third-order valence-electron chi connectivity index (χ3n) is 2.52. The van der Waals surface area contributed by atoms with Gasteiger partial charge < -0.3 is 10.1 Å². The molecule has 98 valence electrons. The van der Waals surface area contributed by atoms with Crippen LogP contribution in [0.15, 0.2) is 48.5 Å². The molecular weight excluding hydrogens is 262 g/mol. The summed E-state index contributed by atoms with van der Waals surface area (Å²) in [6, 6.07) is 14.5. The van der Waals surface area contributed by atoms with Crippen LogP contribution < -0.4 is 10.1 Å². The predicted octanol–water partition coefficient (Wildman–Crippen LogP) is 3.67. The number of anilines is 1. The number of aryl methyl sites for hydroxylation is 1. The Morgan fingerprint density at radius 3 is 2.37 bits per heavy atom. The van der Waals surface area contributed by atoms with Gasteiger partial charge in [0.2, 0.25) is 0 Å². The fourth-order valence-electron chi connectivity index (χ4n) is 1.51. The number of carbonyl (C=O) groups excluding carboxylic acids is 1. The molecule has 0 spiro atoms. The highest BCUT2D eigenvalue weighted by molar-refractivity contribution is 6.30. The van der Waals surface area contributed by atoms with Gasteiger partial charge in [0.1, 0.15) is 5.75 Å². The van der Waals surface area contributed by atoms with Gasteiger partial charge in [0.15, 0.2) is 6.61 Å². The number of nitrogens with one attached hydrogen (secondary N) is 1. The molecule has 0 unspecified atom stereocenters. The molecule has 0 aromatic heterocycles. The zero-order chi connectivity index (χ0) is 13.7. The molecule has 0 aliphatic rings. The minimum absolute atomic E-state index is 0.0322. The van der Waals surface area contributed by atoms with E-state index in [4.69, 9.17) is 16.3 Å². The summed E-state index contributed by atoms with van der Waals surface area (Å²) in [4.78, 5) is 11.7. The normalized spacial score (nSPS) is 10.0. The molecule has 0 aliphatic carbocycles. The first-order valence-electron chi connectivity index (χ1n) is 5.88. The van der Waals surface area contributed by atoms with Crippen molar-refractivity contribution in [1.82, 2.24) is 0 Å². The smallest absolute Gasteiger partial charge is 0.262 e. The van der Waals surface area contributed by atoms with Crippen molar-refractivity contribution in [3.05, 3.63) is 59.1 Å². The van der Waals surface area contributed by atoms with Gasteiger partial charge in [-0.1, -0.05) is 29.3 Å². The molecule has 3 nitrogen and oxygen atoms in total. The molecular formula is C15H14ClNO2. The molecule has 0 atom stereocenters. The van der Waals surface area contributed by atoms with Gasteiger partial charge in [0.05, 0.1) is 0 Å². The Kier molecular flexibility index (Phi) is 4.42. The first-order valence-corrected chi connectivity index (χ1v) is 6.26. The molecule has 1 amide bonds. The third kappa shape index (κ3) is 4.30. The van der Waals surface area contributed by atoms with Crippen LogP contribution in [-0.2, 0) is 4.79 Å². The number of benzene rings is 2. The maximum absolute atomic E-state index is 11.7. The molecule has 2 rings (SSSR count). The van der Waals surface area contributed by atoms with Gasteiger partial charge in [-0.05, 0) is 43.3 Å². The molecule has 2 aromatic rings. The number of amides is 1. The van der Waals surface area contributed by atoms with E-state index in [1.54, 1.807) is 24.3 Å². The van der Waals surface area contributed by atoms with Crippen LogP contribution >= 0.6 is 11.6 Å². The van der Waals surface area contributed by atoms with Crippen molar-refractivity contribution in [1.29, 1.82) is 0 Å². The fourth-order valence-corrected chi connectivity index (χ4v) is 1.64. The monoisotopic (exact) mass is 275 g/mol. The summed E-state index contributed by atoms with van der Waals surface area (Å²) >= 11 is 5.76. The van der Waals surface area contributed by atoms with Crippen LogP contribution in [0.5, 0.6) is 5.75 Å². The molecule has 0 saturated heterocycles. The summed E-state index contributed by atoms with van der Waals surface area (Å²) < 4.78 is 5.35. The molecule has 0 radical (unpaired) electrons. The van der Waals surface area contributed by atoms with Gasteiger partial charge in [0, 0.05) is 10.7 Å². The molecule has 2 aromatic carbocycles. The van der Waals surface area contributed by atoms with Gasteiger partial charge in [-0.15, -0.1) is 0 Å². The Bertz CT molecular complexity index is 549. The topological polar surface area (TPSA) is 38.3 Å². The number of rotatable bonds is 4. The highest BCUT2D eigenvalue weighted by atomic mass is 35.5. The number of carbonyl (C=O) groups is 1. The molecule has 4 heteroatoms. The van der Waals surface area contributed by atoms with Crippen LogP contribution in [0.3, 0.4) is 0 Å². The van der Waals surface area contributed by atoms with Gasteiger partial charge >= 0.3 is 0 Å². The zero-order valence-corrected chi connectivity index (χ0v) is 11.3. The van der Waals surface area contributed by atoms with E-state index < -0.39 is 0 Å². The van der Waals surface area contributed by atoms with Crippen molar-refractivity contribution in [2.24, 2.45) is 0 Å². The summed E-state index contributed by atoms with van der Waals surface area (Å²) in [5.41, 5.74) is 1.91. The van der Waals surface area contributed by atoms with Crippen molar-refractivity contribution >= 4 is 23.2 Å². The van der Waals surface area contributed by atoms with Gasteiger partial charge in [-0.3, -0.25) is 4.79 Å². The lowest BCUT2D eigenvalue weighted by Gasteiger charge is -2.07. The Morgan fingerprint density at radius 2 is 1.74 bits per heavy atom. The van der Waals surface area contributed by atoms with E-state index in [-0.39, 0.29) is 12.5 Å². The highest BCUT2D eigenvalue weighted by Gasteiger charge is 2.03. The second kappa shape index (κ2) is 6.25. The van der Waals surface area contributed by atoms with Crippen LogP contribution in [0.25, 0.3) is 0 Å². The van der Waals surface area contributed by atoms with Crippen molar-refractivity contribution in [2.45, 2.75) is 6.92 Å². The van der Waals surface area contributed by atoms with E-state index in [2.05, 4.69) is 5.32 Å². The standard InChI is InChI=1S/C15H14ClNO2/c1-11-2-6-13(7-3-11)17-15(18)10-19-14-8-4-12(16)5-9-14/h2-9H,10H2,1H3,(H,17,18). The Morgan fingerprint density at radius 1 is 1.11 bits per heavy atom. The summed E-state index contributed by atoms with van der Waals surface area (Å²) in [6.45, 7) is 1.96. The van der Waals surface area contributed by atoms with E-state index in [1.807, 2.05) is 31.2 Å². The summed E-state index contributed by atoms with van der Waals surface area (Å²) in [5.74, 6) is 0.419. The van der Waals surface area contributed by atoms with Crippen molar-refractivity contribution in [3.63, 3.8) is 0 Å². The summed E-state index contributed by atoms with van der Waals surface area (Å²) in [6.07, 6.45) is 0. The predicted molar refractivity (Wildman–Crippen MR) is 76.8 cm³/mol. The molecule has 0 aliphatic heterocycles. The first-order chi connectivity index (χ1) is 9.13. The average molecular weight is 276 g/mol. The second-order valence-electron chi connectivity index (χ2n) is 4.16. The molecule has 0 fully saturated rings. The van der Waals surface area contributed by atoms with E-state index in [0.717, 1.165) is 11.3 Å². The van der Waals surface area contributed by atoms with Crippen molar-refractivity contribution < 1.29 is 9.53 Å². The van der Waals surface area contributed by atoms with Crippen molar-refractivity contribution in [3.8, 4) is 5.75 Å². The van der Waals surface area contributed by atoms with Crippen LogP contribution in [0.1, 0.15) is 5.56 Å². The SMILES string of the molecule is Cc1ccc(NC(=O)COc2ccc(Cl)cc2)cc1. The lowest BCUT2D eigenvalue weighted by Crippen LogP contribution is -2.20. The molecule has 19 heavy (non-hydrogen) atoms. The molecule has 0 bridgehead atoms. The molecule has 1 N–H and O–H groups in total. The van der Waals surface area contributed by atoms with Crippen LogP contribution in [-0.4, -0.2) is 12.5 Å². The van der Waals surface area contributed by atoms with Gasteiger partial charge in [0.25, 0.3) is 5.91 Å². The second-order valence-corrected chi connectivity index (χ2v) is 4.59. The lowest BCUT2D eigenvalue weighted by atomic mass is 10.2. The lowest BCUT2D eigenvalue weighted by molar-refractivity contribution is -0.118. The van der Waals surface area contributed by atoms with Crippen LogP contribution in [0, 0.1) is 6.92 Å². The third-order valence-corrected chi connectivity index (χ3v) is 2.77. The maximum atomic E-state index is 11.7. The zero-order valence-electron chi connectivity index (χ0n) is 10.5. The quantitative estimate of drug-likeness (QED) is 0.925. The Balaban J connectivity index is 1.84. The number of hydrogen-bond donors (Lipinski definition) is 1. The first kappa shape index (κ1) is 13.4. The van der Waals surface area contributed by atoms with Crippen LogP contribution in [0.4, 0.5) is 5.69 Å². The Labute approximate surface area is 117 Å². The fraction of sp³-hybridized carbons (Fsp3) is 0.133. The highest BCUT2D eigenvalue weighted by Crippen LogP contribution is 2.15.